The Kier molecular flexibility index (Phi) is 5.92. The molecule has 28 heavy (non-hydrogen) atoms. The molecular formula is C21H25ClFN3OS+2. The lowest BCUT2D eigenvalue weighted by Gasteiger charge is -2.35. The smallest absolute Gasteiger partial charge is 0.223 e. The zero-order chi connectivity index (χ0) is 19.7. The van der Waals surface area contributed by atoms with E-state index >= 15 is 0 Å². The number of nitrogens with two attached hydrogens (primary N) is 1. The summed E-state index contributed by atoms with van der Waals surface area (Å²) in [5.41, 5.74) is 7.74. The van der Waals surface area contributed by atoms with Crippen LogP contribution in [0.1, 0.15) is 23.6 Å². The number of hydrogen-bond donors (Lipinski definition) is 3. The largest absolute Gasteiger partial charge is 0.369 e. The molecule has 2 heterocycles. The van der Waals surface area contributed by atoms with Crippen molar-refractivity contribution in [2.45, 2.75) is 28.7 Å². The molecule has 0 bridgehead atoms. The highest BCUT2D eigenvalue weighted by molar-refractivity contribution is 7.99. The van der Waals surface area contributed by atoms with E-state index in [9.17, 15) is 9.18 Å². The molecule has 2 aliphatic heterocycles. The predicted molar refractivity (Wildman–Crippen MR) is 108 cm³/mol. The van der Waals surface area contributed by atoms with Crippen molar-refractivity contribution in [1.82, 2.24) is 0 Å². The van der Waals surface area contributed by atoms with Crippen LogP contribution in [-0.4, -0.2) is 38.6 Å². The van der Waals surface area contributed by atoms with E-state index in [1.807, 2.05) is 24.3 Å². The molecule has 0 saturated carbocycles. The van der Waals surface area contributed by atoms with E-state index in [0.717, 1.165) is 54.0 Å². The van der Waals surface area contributed by atoms with Crippen molar-refractivity contribution < 1.29 is 19.0 Å². The normalized spacial score (nSPS) is 24.1. The third kappa shape index (κ3) is 4.35. The van der Waals surface area contributed by atoms with Crippen LogP contribution in [0.4, 0.5) is 4.39 Å². The van der Waals surface area contributed by atoms with Gasteiger partial charge in [-0.3, -0.25) is 4.79 Å². The molecule has 1 amide bonds. The van der Waals surface area contributed by atoms with Gasteiger partial charge < -0.3 is 15.5 Å². The summed E-state index contributed by atoms with van der Waals surface area (Å²) in [6.45, 7) is 4.89. The number of fused-ring (bicyclic) bond motifs is 2. The van der Waals surface area contributed by atoms with Gasteiger partial charge in [0.15, 0.2) is 0 Å². The predicted octanol–water partition coefficient (Wildman–Crippen LogP) is 0.886. The van der Waals surface area contributed by atoms with E-state index in [4.69, 9.17) is 17.3 Å². The van der Waals surface area contributed by atoms with E-state index < -0.39 is 0 Å². The van der Waals surface area contributed by atoms with Gasteiger partial charge in [-0.25, -0.2) is 4.39 Å². The fourth-order valence-electron chi connectivity index (χ4n) is 4.33. The third-order valence-electron chi connectivity index (χ3n) is 5.83. The van der Waals surface area contributed by atoms with Gasteiger partial charge >= 0.3 is 0 Å². The van der Waals surface area contributed by atoms with Gasteiger partial charge in [0.05, 0.1) is 13.0 Å². The lowest BCUT2D eigenvalue weighted by atomic mass is 9.96. The minimum Gasteiger partial charge on any atom is -0.369 e. The van der Waals surface area contributed by atoms with Crippen molar-refractivity contribution in [3.05, 3.63) is 58.4 Å². The molecular weight excluding hydrogens is 397 g/mol. The third-order valence-corrected chi connectivity index (χ3v) is 7.26. The number of hydrogen-bond acceptors (Lipinski definition) is 2. The number of quaternary nitrogens is 2. The Bertz CT molecular complexity index is 886. The number of primary amides is 1. The van der Waals surface area contributed by atoms with Crippen LogP contribution < -0.4 is 15.5 Å². The van der Waals surface area contributed by atoms with Crippen LogP contribution in [0.25, 0.3) is 0 Å². The van der Waals surface area contributed by atoms with Gasteiger partial charge in [0.1, 0.15) is 38.0 Å². The Hall–Kier alpha value is -1.60. The molecule has 4 N–H and O–H groups in total. The standard InChI is InChI=1S/C21H23ClFN3OS/c22-15-1-4-19-14(11-15)12-18(17-3-2-16(23)13-20(17)28-19)26-9-7-25(8-10-26)6-5-21(24)27/h1-4,11,13,18H,5-10,12H2,(H2,24,27)/p+2/t18-/m1/s1. The summed E-state index contributed by atoms with van der Waals surface area (Å²) in [4.78, 5) is 16.2. The number of rotatable bonds is 4. The summed E-state index contributed by atoms with van der Waals surface area (Å²) in [6, 6.07) is 11.5. The van der Waals surface area contributed by atoms with E-state index in [1.165, 1.54) is 20.9 Å². The summed E-state index contributed by atoms with van der Waals surface area (Å²) >= 11 is 7.90. The highest BCUT2D eigenvalue weighted by Crippen LogP contribution is 2.41. The minimum atomic E-state index is -0.229. The second-order valence-corrected chi connectivity index (χ2v) is 9.19. The molecule has 2 aromatic carbocycles. The Morgan fingerprint density at radius 2 is 1.93 bits per heavy atom. The second kappa shape index (κ2) is 8.41. The Morgan fingerprint density at radius 3 is 2.68 bits per heavy atom. The van der Waals surface area contributed by atoms with Crippen molar-refractivity contribution in [3.63, 3.8) is 0 Å². The molecule has 1 fully saturated rings. The van der Waals surface area contributed by atoms with E-state index in [2.05, 4.69) is 0 Å². The van der Waals surface area contributed by atoms with Crippen molar-refractivity contribution >= 4 is 29.3 Å². The van der Waals surface area contributed by atoms with E-state index in [0.29, 0.717) is 6.42 Å². The first-order valence-electron chi connectivity index (χ1n) is 9.72. The van der Waals surface area contributed by atoms with Crippen LogP contribution in [0.3, 0.4) is 0 Å². The fraction of sp³-hybridized carbons (Fsp3) is 0.381. The molecule has 1 saturated heterocycles. The highest BCUT2D eigenvalue weighted by atomic mass is 35.5. The quantitative estimate of drug-likeness (QED) is 0.686. The van der Waals surface area contributed by atoms with Gasteiger partial charge in [0, 0.05) is 26.8 Å². The highest BCUT2D eigenvalue weighted by Gasteiger charge is 2.34. The maximum absolute atomic E-state index is 14.0. The Morgan fingerprint density at radius 1 is 1.14 bits per heavy atom. The number of amides is 1. The van der Waals surface area contributed by atoms with Crippen LogP contribution >= 0.6 is 23.4 Å². The lowest BCUT2D eigenvalue weighted by Crippen LogP contribution is -3.28. The van der Waals surface area contributed by atoms with Gasteiger partial charge in [-0.05, 0) is 42.0 Å². The van der Waals surface area contributed by atoms with Crippen LogP contribution in [0.5, 0.6) is 0 Å². The average Bonchev–Trinajstić information content (AvgIpc) is 2.82. The van der Waals surface area contributed by atoms with Crippen molar-refractivity contribution in [2.24, 2.45) is 5.73 Å². The molecule has 148 valence electrons. The minimum absolute atomic E-state index is 0.196. The zero-order valence-electron chi connectivity index (χ0n) is 15.6. The number of carbonyl (C=O) groups is 1. The maximum Gasteiger partial charge on any atom is 0.223 e. The van der Waals surface area contributed by atoms with Gasteiger partial charge in [0.25, 0.3) is 0 Å². The van der Waals surface area contributed by atoms with Gasteiger partial charge in [-0.1, -0.05) is 23.4 Å². The van der Waals surface area contributed by atoms with Crippen LogP contribution in [0.2, 0.25) is 5.02 Å². The van der Waals surface area contributed by atoms with Crippen molar-refractivity contribution in [2.75, 3.05) is 32.7 Å². The molecule has 4 nitrogen and oxygen atoms in total. The Labute approximate surface area is 173 Å². The summed E-state index contributed by atoms with van der Waals surface area (Å²) < 4.78 is 14.0. The molecule has 0 aromatic heterocycles. The SMILES string of the molecule is NC(=O)CC[NH+]1CC[NH+]([C@@H]2Cc3cc(Cl)ccc3Sc3cc(F)ccc32)CC1. The summed E-state index contributed by atoms with van der Waals surface area (Å²) in [6.07, 6.45) is 1.34. The molecule has 1 atom stereocenters. The maximum atomic E-state index is 14.0. The van der Waals surface area contributed by atoms with Crippen LogP contribution in [0.15, 0.2) is 46.2 Å². The van der Waals surface area contributed by atoms with Crippen molar-refractivity contribution in [1.29, 1.82) is 0 Å². The van der Waals surface area contributed by atoms with Crippen LogP contribution in [0, 0.1) is 5.82 Å². The van der Waals surface area contributed by atoms with Crippen LogP contribution in [-0.2, 0) is 11.2 Å². The second-order valence-electron chi connectivity index (χ2n) is 7.67. The molecule has 0 radical (unpaired) electrons. The Balaban J connectivity index is 1.58. The number of piperazine rings is 1. The number of nitrogens with one attached hydrogen (secondary N) is 2. The van der Waals surface area contributed by atoms with Gasteiger partial charge in [-0.15, -0.1) is 0 Å². The first-order chi connectivity index (χ1) is 13.5. The van der Waals surface area contributed by atoms with E-state index in [1.54, 1.807) is 23.9 Å². The lowest BCUT2D eigenvalue weighted by molar-refractivity contribution is -1.03. The van der Waals surface area contributed by atoms with Gasteiger partial charge in [-0.2, -0.15) is 0 Å². The van der Waals surface area contributed by atoms with E-state index in [-0.39, 0.29) is 17.8 Å². The fourth-order valence-corrected chi connectivity index (χ4v) is 5.67. The molecule has 2 aromatic rings. The molecule has 7 heteroatoms. The summed E-state index contributed by atoms with van der Waals surface area (Å²) in [5, 5.41) is 0.742. The average molecular weight is 422 g/mol. The number of halogens is 2. The van der Waals surface area contributed by atoms with Crippen molar-refractivity contribution in [3.8, 4) is 0 Å². The molecule has 0 unspecified atom stereocenters. The summed E-state index contributed by atoms with van der Waals surface area (Å²) in [5.74, 6) is -0.425. The zero-order valence-corrected chi connectivity index (χ0v) is 17.2. The summed E-state index contributed by atoms with van der Waals surface area (Å²) in [7, 11) is 0. The number of benzene rings is 2. The monoisotopic (exact) mass is 421 g/mol. The molecule has 4 rings (SSSR count). The van der Waals surface area contributed by atoms with Gasteiger partial charge in [0.2, 0.25) is 5.91 Å². The molecule has 0 aliphatic carbocycles. The molecule has 2 aliphatic rings. The molecule has 0 spiro atoms. The topological polar surface area (TPSA) is 52.0 Å². The first-order valence-corrected chi connectivity index (χ1v) is 10.9. The number of carbonyl (C=O) groups excluding carboxylic acids is 1. The first kappa shape index (κ1) is 19.7.